The molecule has 2 heterocycles. The monoisotopic (exact) mass is 368 g/mol. The summed E-state index contributed by atoms with van der Waals surface area (Å²) in [5, 5.41) is 13.5. The van der Waals surface area contributed by atoms with E-state index in [-0.39, 0.29) is 0 Å². The summed E-state index contributed by atoms with van der Waals surface area (Å²) in [6.45, 7) is 2.57. The van der Waals surface area contributed by atoms with E-state index in [4.69, 9.17) is 9.15 Å². The van der Waals surface area contributed by atoms with Gasteiger partial charge >= 0.3 is 0 Å². The Labute approximate surface area is 158 Å². The molecule has 2 aromatic heterocycles. The molecular formula is C19H24N6O2. The number of guanidine groups is 1. The second-order valence-electron chi connectivity index (χ2n) is 5.80. The van der Waals surface area contributed by atoms with E-state index >= 15 is 0 Å². The number of hydrogen-bond donors (Lipinski definition) is 3. The summed E-state index contributed by atoms with van der Waals surface area (Å²) >= 11 is 0. The first-order valence-electron chi connectivity index (χ1n) is 8.86. The lowest BCUT2D eigenvalue weighted by atomic mass is 10.2. The second-order valence-corrected chi connectivity index (χ2v) is 5.80. The Morgan fingerprint density at radius 3 is 2.78 bits per heavy atom. The minimum atomic E-state index is 0.563. The number of benzene rings is 1. The highest BCUT2D eigenvalue weighted by Crippen LogP contribution is 2.14. The molecule has 3 aromatic rings. The minimum absolute atomic E-state index is 0.563. The van der Waals surface area contributed by atoms with Crippen molar-refractivity contribution in [3.63, 3.8) is 0 Å². The molecule has 27 heavy (non-hydrogen) atoms. The van der Waals surface area contributed by atoms with Crippen LogP contribution in [0.3, 0.4) is 0 Å². The summed E-state index contributed by atoms with van der Waals surface area (Å²) in [7, 11) is 1.74. The molecule has 0 aliphatic heterocycles. The first-order chi connectivity index (χ1) is 13.3. The van der Waals surface area contributed by atoms with Gasteiger partial charge in [0.1, 0.15) is 5.82 Å². The fraction of sp³-hybridized carbons (Fsp3) is 0.316. The normalized spacial score (nSPS) is 11.5. The van der Waals surface area contributed by atoms with Gasteiger partial charge in [-0.2, -0.15) is 5.10 Å². The third kappa shape index (κ3) is 5.96. The van der Waals surface area contributed by atoms with Gasteiger partial charge in [0, 0.05) is 26.6 Å². The van der Waals surface area contributed by atoms with Crippen LogP contribution >= 0.6 is 0 Å². The summed E-state index contributed by atoms with van der Waals surface area (Å²) in [5.41, 5.74) is 1.17. The first kappa shape index (κ1) is 18.7. The minimum Gasteiger partial charge on any atom is -0.461 e. The van der Waals surface area contributed by atoms with Gasteiger partial charge in [0.05, 0.1) is 19.5 Å². The Kier molecular flexibility index (Phi) is 7.00. The van der Waals surface area contributed by atoms with Gasteiger partial charge < -0.3 is 19.8 Å². The van der Waals surface area contributed by atoms with Crippen molar-refractivity contribution < 1.29 is 9.15 Å². The molecule has 3 N–H and O–H groups in total. The number of aromatic amines is 1. The SMILES string of the molecule is CN=C(NCCOCc1ccccc1)NCCc1nc(-c2ccco2)n[nH]1. The Morgan fingerprint density at radius 2 is 2.00 bits per heavy atom. The number of nitrogens with zero attached hydrogens (tertiary/aromatic N) is 3. The number of aliphatic imine (C=N–C) groups is 1. The van der Waals surface area contributed by atoms with E-state index in [1.807, 2.05) is 30.3 Å². The summed E-state index contributed by atoms with van der Waals surface area (Å²) in [5.74, 6) is 2.73. The predicted octanol–water partition coefficient (Wildman–Crippen LogP) is 1.99. The zero-order valence-electron chi connectivity index (χ0n) is 15.3. The van der Waals surface area contributed by atoms with Crippen molar-refractivity contribution in [3.8, 4) is 11.6 Å². The van der Waals surface area contributed by atoms with Crippen LogP contribution in [-0.4, -0.2) is 47.9 Å². The van der Waals surface area contributed by atoms with Crippen LogP contribution in [-0.2, 0) is 17.8 Å². The zero-order chi connectivity index (χ0) is 18.7. The molecular weight excluding hydrogens is 344 g/mol. The van der Waals surface area contributed by atoms with Crippen molar-refractivity contribution in [1.29, 1.82) is 0 Å². The Hall–Kier alpha value is -3.13. The Balaban J connectivity index is 1.31. The van der Waals surface area contributed by atoms with Crippen LogP contribution in [0.25, 0.3) is 11.6 Å². The number of nitrogens with one attached hydrogen (secondary N) is 3. The maximum Gasteiger partial charge on any atom is 0.216 e. The lowest BCUT2D eigenvalue weighted by Crippen LogP contribution is -2.39. The van der Waals surface area contributed by atoms with E-state index in [1.54, 1.807) is 13.3 Å². The summed E-state index contributed by atoms with van der Waals surface area (Å²) in [6, 6.07) is 13.8. The van der Waals surface area contributed by atoms with Gasteiger partial charge in [-0.05, 0) is 17.7 Å². The van der Waals surface area contributed by atoms with E-state index in [0.717, 1.165) is 11.8 Å². The van der Waals surface area contributed by atoms with Gasteiger partial charge in [0.25, 0.3) is 0 Å². The molecule has 0 saturated carbocycles. The number of H-pyrrole nitrogens is 1. The van der Waals surface area contributed by atoms with Crippen molar-refractivity contribution in [2.75, 3.05) is 26.7 Å². The molecule has 0 radical (unpaired) electrons. The van der Waals surface area contributed by atoms with Crippen LogP contribution in [0, 0.1) is 0 Å². The molecule has 0 unspecified atom stereocenters. The highest BCUT2D eigenvalue weighted by atomic mass is 16.5. The molecule has 8 heteroatoms. The first-order valence-corrected chi connectivity index (χ1v) is 8.86. The van der Waals surface area contributed by atoms with Crippen molar-refractivity contribution in [3.05, 3.63) is 60.1 Å². The van der Waals surface area contributed by atoms with Crippen LogP contribution in [0.5, 0.6) is 0 Å². The molecule has 0 aliphatic carbocycles. The van der Waals surface area contributed by atoms with Gasteiger partial charge in [0.2, 0.25) is 5.82 Å². The fourth-order valence-electron chi connectivity index (χ4n) is 2.45. The second kappa shape index (κ2) is 10.1. The maximum atomic E-state index is 5.65. The molecule has 8 nitrogen and oxygen atoms in total. The quantitative estimate of drug-likeness (QED) is 0.303. The average molecular weight is 368 g/mol. The highest BCUT2D eigenvalue weighted by Gasteiger charge is 2.08. The molecule has 0 saturated heterocycles. The van der Waals surface area contributed by atoms with Gasteiger partial charge in [-0.3, -0.25) is 10.1 Å². The van der Waals surface area contributed by atoms with Gasteiger partial charge in [-0.15, -0.1) is 0 Å². The van der Waals surface area contributed by atoms with Crippen LogP contribution in [0.2, 0.25) is 0 Å². The van der Waals surface area contributed by atoms with Gasteiger partial charge in [-0.25, -0.2) is 4.98 Å². The molecule has 0 fully saturated rings. The molecule has 0 atom stereocenters. The van der Waals surface area contributed by atoms with E-state index in [2.05, 4.69) is 42.9 Å². The lowest BCUT2D eigenvalue weighted by Gasteiger charge is -2.11. The smallest absolute Gasteiger partial charge is 0.216 e. The molecule has 3 rings (SSSR count). The molecule has 0 spiro atoms. The topological polar surface area (TPSA) is 100 Å². The highest BCUT2D eigenvalue weighted by molar-refractivity contribution is 5.79. The third-order valence-corrected chi connectivity index (χ3v) is 3.80. The molecule has 0 amide bonds. The largest absolute Gasteiger partial charge is 0.461 e. The molecule has 1 aromatic carbocycles. The molecule has 142 valence electrons. The maximum absolute atomic E-state index is 5.65. The number of rotatable bonds is 9. The standard InChI is InChI=1S/C19H24N6O2/c1-20-19(22-11-13-26-14-15-6-3-2-4-7-15)21-10-9-17-23-18(25-24-17)16-8-5-12-27-16/h2-8,12H,9-11,13-14H2,1H3,(H2,20,21,22)(H,23,24,25). The van der Waals surface area contributed by atoms with Crippen LogP contribution in [0.15, 0.2) is 58.1 Å². The third-order valence-electron chi connectivity index (χ3n) is 3.80. The fourth-order valence-corrected chi connectivity index (χ4v) is 2.45. The van der Waals surface area contributed by atoms with Gasteiger partial charge in [0.15, 0.2) is 11.7 Å². The van der Waals surface area contributed by atoms with Crippen molar-refractivity contribution in [2.45, 2.75) is 13.0 Å². The van der Waals surface area contributed by atoms with E-state index < -0.39 is 0 Å². The van der Waals surface area contributed by atoms with Gasteiger partial charge in [-0.1, -0.05) is 30.3 Å². The number of hydrogen-bond acceptors (Lipinski definition) is 5. The summed E-state index contributed by atoms with van der Waals surface area (Å²) in [4.78, 5) is 8.61. The van der Waals surface area contributed by atoms with Crippen LogP contribution in [0.4, 0.5) is 0 Å². The number of ether oxygens (including phenoxy) is 1. The Bertz CT molecular complexity index is 814. The average Bonchev–Trinajstić information content (AvgIpc) is 3.39. The van der Waals surface area contributed by atoms with E-state index in [9.17, 15) is 0 Å². The van der Waals surface area contributed by atoms with Crippen molar-refractivity contribution in [2.24, 2.45) is 4.99 Å². The molecule has 0 aliphatic rings. The van der Waals surface area contributed by atoms with Crippen LogP contribution < -0.4 is 10.6 Å². The predicted molar refractivity (Wildman–Crippen MR) is 103 cm³/mol. The number of aromatic nitrogens is 3. The van der Waals surface area contributed by atoms with E-state index in [1.165, 1.54) is 5.56 Å². The molecule has 0 bridgehead atoms. The summed E-state index contributed by atoms with van der Waals surface area (Å²) in [6.07, 6.45) is 2.30. The lowest BCUT2D eigenvalue weighted by molar-refractivity contribution is 0.125. The Morgan fingerprint density at radius 1 is 1.15 bits per heavy atom. The zero-order valence-corrected chi connectivity index (χ0v) is 15.3. The summed E-state index contributed by atoms with van der Waals surface area (Å²) < 4.78 is 10.9. The van der Waals surface area contributed by atoms with Crippen molar-refractivity contribution >= 4 is 5.96 Å². The van der Waals surface area contributed by atoms with Crippen LogP contribution in [0.1, 0.15) is 11.4 Å². The van der Waals surface area contributed by atoms with Crippen molar-refractivity contribution in [1.82, 2.24) is 25.8 Å². The van der Waals surface area contributed by atoms with E-state index in [0.29, 0.717) is 44.3 Å². The number of furan rings is 1.